The molecule has 2 nitrogen and oxygen atoms in total. The van der Waals surface area contributed by atoms with Crippen LogP contribution < -0.4 is 0 Å². The quantitative estimate of drug-likeness (QED) is 0.430. The summed E-state index contributed by atoms with van der Waals surface area (Å²) in [6.07, 6.45) is 7.81. The van der Waals surface area contributed by atoms with Crippen LogP contribution in [0, 0.1) is 5.92 Å². The summed E-state index contributed by atoms with van der Waals surface area (Å²) >= 11 is 0. The first-order chi connectivity index (χ1) is 3.93. The van der Waals surface area contributed by atoms with Gasteiger partial charge in [-0.2, -0.15) is 0 Å². The Morgan fingerprint density at radius 2 is 2.00 bits per heavy atom. The molecule has 0 aliphatic heterocycles. The molecule has 1 aliphatic carbocycles. The average Bonchev–Trinajstić information content (AvgIpc) is 2.19. The Morgan fingerprint density at radius 1 is 1.38 bits per heavy atom. The molecule has 0 saturated carbocycles. The fourth-order valence-corrected chi connectivity index (χ4v) is 0.675. The lowest BCUT2D eigenvalue weighted by Crippen LogP contribution is -1.98. The molecule has 0 atom stereocenters. The van der Waals surface area contributed by atoms with E-state index in [1.165, 1.54) is 0 Å². The summed E-state index contributed by atoms with van der Waals surface area (Å²) in [4.78, 5) is 3.92. The van der Waals surface area contributed by atoms with E-state index in [4.69, 9.17) is 5.26 Å². The summed E-state index contributed by atoms with van der Waals surface area (Å²) in [5.74, 6) is 0.278. The van der Waals surface area contributed by atoms with Crippen molar-refractivity contribution < 1.29 is 10.1 Å². The van der Waals surface area contributed by atoms with E-state index in [-0.39, 0.29) is 5.92 Å². The first-order valence-electron chi connectivity index (χ1n) is 2.55. The minimum Gasteiger partial charge on any atom is -0.252 e. The van der Waals surface area contributed by atoms with Gasteiger partial charge in [0.25, 0.3) is 0 Å². The van der Waals surface area contributed by atoms with Crippen LogP contribution in [0.15, 0.2) is 24.3 Å². The molecule has 0 amide bonds. The molecule has 0 unspecified atom stereocenters. The zero-order valence-corrected chi connectivity index (χ0v) is 4.45. The van der Waals surface area contributed by atoms with E-state index in [0.717, 1.165) is 0 Å². The van der Waals surface area contributed by atoms with Gasteiger partial charge in [0.15, 0.2) is 0 Å². The molecule has 0 heterocycles. The summed E-state index contributed by atoms with van der Waals surface area (Å²) in [6, 6.07) is 0. The van der Waals surface area contributed by atoms with E-state index in [9.17, 15) is 0 Å². The van der Waals surface area contributed by atoms with Gasteiger partial charge in [-0.05, 0) is 0 Å². The van der Waals surface area contributed by atoms with E-state index >= 15 is 0 Å². The van der Waals surface area contributed by atoms with Gasteiger partial charge in [0.2, 0.25) is 0 Å². The molecule has 0 bridgehead atoms. The Hall–Kier alpha value is -0.600. The molecule has 0 spiro atoms. The van der Waals surface area contributed by atoms with E-state index in [2.05, 4.69) is 4.89 Å². The van der Waals surface area contributed by atoms with Gasteiger partial charge in [-0.1, -0.05) is 24.3 Å². The zero-order chi connectivity index (χ0) is 5.82. The van der Waals surface area contributed by atoms with Gasteiger partial charge in [0, 0.05) is 5.92 Å². The Bertz CT molecular complexity index is 104. The van der Waals surface area contributed by atoms with E-state index in [1.54, 1.807) is 0 Å². The van der Waals surface area contributed by atoms with Crippen molar-refractivity contribution in [2.24, 2.45) is 5.92 Å². The highest BCUT2D eigenvalue weighted by molar-refractivity contribution is 5.17. The Balaban J connectivity index is 2.27. The fourth-order valence-electron chi connectivity index (χ4n) is 0.675. The maximum Gasteiger partial charge on any atom is 0.0917 e. The highest BCUT2D eigenvalue weighted by Crippen LogP contribution is 2.07. The van der Waals surface area contributed by atoms with Crippen LogP contribution in [0.25, 0.3) is 0 Å². The lowest BCUT2D eigenvalue weighted by atomic mass is 10.2. The largest absolute Gasteiger partial charge is 0.252 e. The molecule has 0 aromatic rings. The van der Waals surface area contributed by atoms with Crippen molar-refractivity contribution in [1.29, 1.82) is 0 Å². The van der Waals surface area contributed by atoms with E-state index < -0.39 is 0 Å². The van der Waals surface area contributed by atoms with Crippen LogP contribution in [0.1, 0.15) is 0 Å². The highest BCUT2D eigenvalue weighted by atomic mass is 17.1. The normalized spacial score (nSPS) is 18.1. The van der Waals surface area contributed by atoms with Gasteiger partial charge < -0.3 is 0 Å². The molecule has 8 heavy (non-hydrogen) atoms. The van der Waals surface area contributed by atoms with Crippen LogP contribution in [-0.2, 0) is 4.89 Å². The molecular weight excluding hydrogens is 104 g/mol. The van der Waals surface area contributed by atoms with Crippen LogP contribution in [0.2, 0.25) is 0 Å². The third-order valence-electron chi connectivity index (χ3n) is 1.09. The van der Waals surface area contributed by atoms with Crippen LogP contribution in [0.3, 0.4) is 0 Å². The maximum absolute atomic E-state index is 7.96. The second kappa shape index (κ2) is 2.64. The smallest absolute Gasteiger partial charge is 0.0917 e. The maximum atomic E-state index is 7.96. The number of rotatable bonds is 2. The van der Waals surface area contributed by atoms with E-state index in [0.29, 0.717) is 6.61 Å². The fraction of sp³-hybridized carbons (Fsp3) is 0.333. The lowest BCUT2D eigenvalue weighted by molar-refractivity contribution is -0.245. The number of hydrogen-bond acceptors (Lipinski definition) is 2. The minimum absolute atomic E-state index is 0.278. The molecule has 1 rings (SSSR count). The first-order valence-corrected chi connectivity index (χ1v) is 2.55. The predicted molar refractivity (Wildman–Crippen MR) is 30.4 cm³/mol. The Kier molecular flexibility index (Phi) is 1.83. The first kappa shape index (κ1) is 5.54. The van der Waals surface area contributed by atoms with Crippen LogP contribution in [-0.4, -0.2) is 11.9 Å². The molecule has 1 aliphatic rings. The standard InChI is InChI=1S/C6H8O2/c7-8-5-6-3-1-2-4-6/h1-4,6-7H,5H2. The van der Waals surface area contributed by atoms with Crippen molar-refractivity contribution in [3.63, 3.8) is 0 Å². The topological polar surface area (TPSA) is 29.5 Å². The van der Waals surface area contributed by atoms with Crippen molar-refractivity contribution in [3.05, 3.63) is 24.3 Å². The van der Waals surface area contributed by atoms with Crippen molar-refractivity contribution in [3.8, 4) is 0 Å². The number of hydrogen-bond donors (Lipinski definition) is 1. The summed E-state index contributed by atoms with van der Waals surface area (Å²) in [6.45, 7) is 0.368. The van der Waals surface area contributed by atoms with Crippen molar-refractivity contribution in [1.82, 2.24) is 0 Å². The molecule has 0 fully saturated rings. The van der Waals surface area contributed by atoms with E-state index in [1.807, 2.05) is 24.3 Å². The molecule has 0 aromatic carbocycles. The summed E-state index contributed by atoms with van der Waals surface area (Å²) in [5.41, 5.74) is 0. The highest BCUT2D eigenvalue weighted by Gasteiger charge is 2.01. The summed E-state index contributed by atoms with van der Waals surface area (Å²) in [7, 11) is 0. The molecule has 0 aromatic heterocycles. The molecule has 44 valence electrons. The molecule has 1 N–H and O–H groups in total. The van der Waals surface area contributed by atoms with Crippen LogP contribution >= 0.6 is 0 Å². The molecule has 0 radical (unpaired) electrons. The van der Waals surface area contributed by atoms with Gasteiger partial charge in [-0.25, -0.2) is 4.89 Å². The Labute approximate surface area is 48.0 Å². The third kappa shape index (κ3) is 1.18. The van der Waals surface area contributed by atoms with Gasteiger partial charge in [-0.3, -0.25) is 5.26 Å². The van der Waals surface area contributed by atoms with Crippen molar-refractivity contribution in [2.75, 3.05) is 6.61 Å². The van der Waals surface area contributed by atoms with Crippen LogP contribution in [0.4, 0.5) is 0 Å². The molecule has 0 saturated heterocycles. The monoisotopic (exact) mass is 112 g/mol. The number of allylic oxidation sites excluding steroid dienone is 2. The zero-order valence-electron chi connectivity index (χ0n) is 4.45. The third-order valence-corrected chi connectivity index (χ3v) is 1.09. The van der Waals surface area contributed by atoms with Crippen LogP contribution in [0.5, 0.6) is 0 Å². The Morgan fingerprint density at radius 3 is 2.50 bits per heavy atom. The van der Waals surface area contributed by atoms with Gasteiger partial charge in [-0.15, -0.1) is 0 Å². The average molecular weight is 112 g/mol. The summed E-state index contributed by atoms with van der Waals surface area (Å²) in [5, 5.41) is 7.96. The van der Waals surface area contributed by atoms with Gasteiger partial charge in [0.1, 0.15) is 0 Å². The predicted octanol–water partition coefficient (Wildman–Crippen LogP) is 1.22. The van der Waals surface area contributed by atoms with Gasteiger partial charge in [0.05, 0.1) is 6.61 Å². The summed E-state index contributed by atoms with van der Waals surface area (Å²) < 4.78 is 0. The molecule has 2 heteroatoms. The van der Waals surface area contributed by atoms with Crippen molar-refractivity contribution in [2.45, 2.75) is 0 Å². The second-order valence-electron chi connectivity index (χ2n) is 1.73. The van der Waals surface area contributed by atoms with Gasteiger partial charge >= 0.3 is 0 Å². The lowest BCUT2D eigenvalue weighted by Gasteiger charge is -1.97. The minimum atomic E-state index is 0.278. The molecular formula is C6H8O2. The van der Waals surface area contributed by atoms with Crippen molar-refractivity contribution >= 4 is 0 Å². The SMILES string of the molecule is OOCC1C=CC=C1. The second-order valence-corrected chi connectivity index (χ2v) is 1.73.